The van der Waals surface area contributed by atoms with E-state index in [0.717, 1.165) is 0 Å². The Labute approximate surface area is 139 Å². The van der Waals surface area contributed by atoms with Crippen LogP contribution in [0.4, 0.5) is 11.1 Å². The van der Waals surface area contributed by atoms with E-state index in [9.17, 15) is 8.42 Å². The molecule has 0 spiro atoms. The molecule has 0 unspecified atom stereocenters. The molecule has 1 aromatic carbocycles. The summed E-state index contributed by atoms with van der Waals surface area (Å²) >= 11 is 7.12. The minimum atomic E-state index is -3.92. The number of halogens is 1. The zero-order valence-corrected chi connectivity index (χ0v) is 13.9. The summed E-state index contributed by atoms with van der Waals surface area (Å²) in [5, 5.41) is 25.1. The molecule has 9 nitrogen and oxygen atoms in total. The summed E-state index contributed by atoms with van der Waals surface area (Å²) in [6.07, 6.45) is 0. The maximum absolute atomic E-state index is 12.4. The number of nitrogens with one attached hydrogen (secondary N) is 1. The van der Waals surface area contributed by atoms with E-state index in [1.165, 1.54) is 35.0 Å². The highest BCUT2D eigenvalue weighted by atomic mass is 35.5. The van der Waals surface area contributed by atoms with Crippen molar-refractivity contribution in [3.8, 4) is 0 Å². The molecule has 2 aromatic heterocycles. The molecule has 0 bridgehead atoms. The average Bonchev–Trinajstić information content (AvgIpc) is 3.03. The third kappa shape index (κ3) is 3.25. The van der Waals surface area contributed by atoms with Crippen molar-refractivity contribution in [3.63, 3.8) is 0 Å². The molecule has 0 aliphatic rings. The zero-order chi connectivity index (χ0) is 16.4. The Morgan fingerprint density at radius 2 is 1.87 bits per heavy atom. The second-order valence-corrected chi connectivity index (χ2v) is 7.37. The van der Waals surface area contributed by atoms with Crippen LogP contribution in [0.1, 0.15) is 5.56 Å². The van der Waals surface area contributed by atoms with Crippen LogP contribution in [-0.2, 0) is 9.84 Å². The zero-order valence-electron chi connectivity index (χ0n) is 11.5. The van der Waals surface area contributed by atoms with Crippen LogP contribution < -0.4 is 5.32 Å². The standard InChI is InChI=1S/C11H8ClN7O2S2/c1-6-4-7(2-3-8(6)12)23(20,21)11-18-15-9(16-19-11)14-10-17-13-5-22-10/h2-5H,1H3,(H,14,15,16,17). The number of hydrogen-bond donors (Lipinski definition) is 1. The summed E-state index contributed by atoms with van der Waals surface area (Å²) in [6.45, 7) is 1.70. The fourth-order valence-electron chi connectivity index (χ4n) is 1.59. The van der Waals surface area contributed by atoms with Crippen molar-refractivity contribution in [3.05, 3.63) is 34.3 Å². The van der Waals surface area contributed by atoms with Crippen molar-refractivity contribution >= 4 is 43.9 Å². The van der Waals surface area contributed by atoms with Gasteiger partial charge in [-0.25, -0.2) is 8.42 Å². The Kier molecular flexibility index (Phi) is 4.15. The van der Waals surface area contributed by atoms with Gasteiger partial charge in [-0.2, -0.15) is 0 Å². The van der Waals surface area contributed by atoms with Crippen molar-refractivity contribution in [2.24, 2.45) is 0 Å². The lowest BCUT2D eigenvalue weighted by molar-refractivity contribution is 0.577. The monoisotopic (exact) mass is 369 g/mol. The summed E-state index contributed by atoms with van der Waals surface area (Å²) in [6, 6.07) is 4.31. The van der Waals surface area contributed by atoms with Crippen molar-refractivity contribution in [2.75, 3.05) is 5.32 Å². The van der Waals surface area contributed by atoms with Gasteiger partial charge in [0, 0.05) is 5.02 Å². The fraction of sp³-hybridized carbons (Fsp3) is 0.0909. The van der Waals surface area contributed by atoms with E-state index in [2.05, 4.69) is 35.9 Å². The first kappa shape index (κ1) is 15.6. The van der Waals surface area contributed by atoms with Gasteiger partial charge in [-0.05, 0) is 30.7 Å². The Bertz CT molecular complexity index is 930. The highest BCUT2D eigenvalue weighted by Gasteiger charge is 2.23. The van der Waals surface area contributed by atoms with E-state index < -0.39 is 15.0 Å². The molecule has 3 rings (SSSR count). The van der Waals surface area contributed by atoms with Crippen molar-refractivity contribution in [1.82, 2.24) is 30.6 Å². The summed E-state index contributed by atoms with van der Waals surface area (Å²) in [5.74, 6) is 0.0213. The number of sulfone groups is 1. The Morgan fingerprint density at radius 3 is 2.48 bits per heavy atom. The minimum Gasteiger partial charge on any atom is -0.296 e. The molecule has 23 heavy (non-hydrogen) atoms. The molecule has 0 radical (unpaired) electrons. The summed E-state index contributed by atoms with van der Waals surface area (Å²) in [5.41, 5.74) is 2.15. The fourth-order valence-corrected chi connectivity index (χ4v) is 3.23. The predicted octanol–water partition coefficient (Wildman–Crippen LogP) is 1.66. The number of aryl methyl sites for hydroxylation is 1. The molecule has 0 saturated carbocycles. The second kappa shape index (κ2) is 6.10. The van der Waals surface area contributed by atoms with Crippen LogP contribution in [0.15, 0.2) is 33.8 Å². The van der Waals surface area contributed by atoms with Crippen LogP contribution in [-0.4, -0.2) is 39.0 Å². The number of rotatable bonds is 4. The van der Waals surface area contributed by atoms with Crippen LogP contribution in [0.2, 0.25) is 5.02 Å². The van der Waals surface area contributed by atoms with Crippen LogP contribution in [0, 0.1) is 6.92 Å². The molecule has 0 fully saturated rings. The molecule has 12 heteroatoms. The van der Waals surface area contributed by atoms with Gasteiger partial charge in [-0.1, -0.05) is 22.9 Å². The minimum absolute atomic E-state index is 0.0211. The molecule has 118 valence electrons. The van der Waals surface area contributed by atoms with E-state index in [1.807, 2.05) is 0 Å². The molecular formula is C11H8ClN7O2S2. The van der Waals surface area contributed by atoms with Gasteiger partial charge in [0.2, 0.25) is 15.0 Å². The lowest BCUT2D eigenvalue weighted by atomic mass is 10.2. The third-order valence-electron chi connectivity index (χ3n) is 2.72. The molecule has 2 heterocycles. The first-order valence-electron chi connectivity index (χ1n) is 6.08. The molecule has 1 N–H and O–H groups in total. The average molecular weight is 370 g/mol. The van der Waals surface area contributed by atoms with Gasteiger partial charge in [-0.15, -0.1) is 30.6 Å². The SMILES string of the molecule is Cc1cc(S(=O)(=O)c2nnc(Nc3nncs3)nn2)ccc1Cl. The topological polar surface area (TPSA) is 124 Å². The number of hydrogen-bond acceptors (Lipinski definition) is 10. The van der Waals surface area contributed by atoms with E-state index >= 15 is 0 Å². The van der Waals surface area contributed by atoms with Crippen molar-refractivity contribution in [2.45, 2.75) is 17.0 Å². The van der Waals surface area contributed by atoms with Crippen LogP contribution >= 0.6 is 22.9 Å². The van der Waals surface area contributed by atoms with Gasteiger partial charge in [0.1, 0.15) is 5.51 Å². The van der Waals surface area contributed by atoms with E-state index in [-0.39, 0.29) is 10.8 Å². The van der Waals surface area contributed by atoms with Gasteiger partial charge >= 0.3 is 0 Å². The molecule has 0 aliphatic carbocycles. The smallest absolute Gasteiger partial charge is 0.292 e. The van der Waals surface area contributed by atoms with Crippen LogP contribution in [0.25, 0.3) is 0 Å². The number of nitrogens with zero attached hydrogens (tertiary/aromatic N) is 6. The van der Waals surface area contributed by atoms with E-state index in [4.69, 9.17) is 11.6 Å². The van der Waals surface area contributed by atoms with Crippen molar-refractivity contribution < 1.29 is 8.42 Å². The molecule has 0 atom stereocenters. The molecule has 0 aliphatic heterocycles. The number of anilines is 2. The van der Waals surface area contributed by atoms with E-state index in [0.29, 0.717) is 15.7 Å². The largest absolute Gasteiger partial charge is 0.296 e. The van der Waals surface area contributed by atoms with Gasteiger partial charge in [0.05, 0.1) is 4.90 Å². The molecule has 0 amide bonds. The summed E-state index contributed by atoms with van der Waals surface area (Å²) in [4.78, 5) is 0.0211. The quantitative estimate of drug-likeness (QED) is 0.730. The predicted molar refractivity (Wildman–Crippen MR) is 82.5 cm³/mol. The van der Waals surface area contributed by atoms with Gasteiger partial charge in [0.15, 0.2) is 0 Å². The normalized spacial score (nSPS) is 11.4. The van der Waals surface area contributed by atoms with Gasteiger partial charge in [0.25, 0.3) is 11.1 Å². The van der Waals surface area contributed by atoms with Gasteiger partial charge < -0.3 is 0 Å². The highest BCUT2D eigenvalue weighted by molar-refractivity contribution is 7.91. The lowest BCUT2D eigenvalue weighted by Gasteiger charge is -2.04. The Hall–Kier alpha value is -2.24. The summed E-state index contributed by atoms with van der Waals surface area (Å²) < 4.78 is 24.9. The number of aromatic nitrogens is 6. The van der Waals surface area contributed by atoms with Gasteiger partial charge in [-0.3, -0.25) is 5.32 Å². The number of benzene rings is 1. The first-order chi connectivity index (χ1) is 11.0. The second-order valence-electron chi connectivity index (χ2n) is 4.29. The van der Waals surface area contributed by atoms with Crippen molar-refractivity contribution in [1.29, 1.82) is 0 Å². The molecular weight excluding hydrogens is 362 g/mol. The molecule has 3 aromatic rings. The molecule has 0 saturated heterocycles. The maximum atomic E-state index is 12.4. The third-order valence-corrected chi connectivity index (χ3v) is 5.27. The Balaban J connectivity index is 1.89. The lowest BCUT2D eigenvalue weighted by Crippen LogP contribution is -2.11. The maximum Gasteiger partial charge on any atom is 0.292 e. The Morgan fingerprint density at radius 1 is 1.13 bits per heavy atom. The van der Waals surface area contributed by atoms with Crippen LogP contribution in [0.3, 0.4) is 0 Å². The first-order valence-corrected chi connectivity index (χ1v) is 8.83. The van der Waals surface area contributed by atoms with Crippen LogP contribution in [0.5, 0.6) is 0 Å². The highest BCUT2D eigenvalue weighted by Crippen LogP contribution is 2.23. The summed E-state index contributed by atoms with van der Waals surface area (Å²) in [7, 11) is -3.92. The van der Waals surface area contributed by atoms with E-state index in [1.54, 1.807) is 6.92 Å².